The Hall–Kier alpha value is -1.36. The number of rotatable bonds is 2. The fourth-order valence-electron chi connectivity index (χ4n) is 0.841. The fraction of sp³-hybridized carbons (Fsp3) is 0. The summed E-state index contributed by atoms with van der Waals surface area (Å²) in [4.78, 5) is 20.9. The summed E-state index contributed by atoms with van der Waals surface area (Å²) in [6, 6.07) is 2.28. The van der Waals surface area contributed by atoms with Crippen molar-refractivity contribution in [3.63, 3.8) is 0 Å². The van der Waals surface area contributed by atoms with Gasteiger partial charge in [-0.2, -0.15) is 0 Å². The van der Waals surface area contributed by atoms with E-state index in [-0.39, 0.29) is 16.9 Å². The molecule has 1 rings (SSSR count). The maximum atomic E-state index is 10.5. The van der Waals surface area contributed by atoms with Gasteiger partial charge in [-0.15, -0.1) is 0 Å². The van der Waals surface area contributed by atoms with Gasteiger partial charge >= 0.3 is 5.97 Å². The summed E-state index contributed by atoms with van der Waals surface area (Å²) in [6.07, 6.45) is 0.510. The van der Waals surface area contributed by atoms with Crippen molar-refractivity contribution in [3.05, 3.63) is 27.7 Å². The van der Waals surface area contributed by atoms with E-state index < -0.39 is 5.97 Å². The number of aromatic carboxylic acids is 1. The van der Waals surface area contributed by atoms with Crippen LogP contribution in [0.25, 0.3) is 0 Å². The lowest BCUT2D eigenvalue weighted by Crippen LogP contribution is -1.98. The van der Waals surface area contributed by atoms with Crippen LogP contribution < -0.4 is 0 Å². The Morgan fingerprint density at radius 3 is 2.54 bits per heavy atom. The molecule has 2 N–H and O–H groups in total. The van der Waals surface area contributed by atoms with Crippen LogP contribution in [-0.2, 0) is 0 Å². The van der Waals surface area contributed by atoms with Crippen molar-refractivity contribution in [1.82, 2.24) is 0 Å². The van der Waals surface area contributed by atoms with Crippen LogP contribution in [0.1, 0.15) is 20.7 Å². The van der Waals surface area contributed by atoms with Crippen LogP contribution in [0, 0.1) is 0 Å². The molecule has 0 saturated carbocycles. The molecule has 0 radical (unpaired) electrons. The molecule has 0 spiro atoms. The molecule has 68 valence electrons. The van der Waals surface area contributed by atoms with Crippen LogP contribution in [-0.4, -0.2) is 22.5 Å². The van der Waals surface area contributed by atoms with E-state index in [1.807, 2.05) is 0 Å². The second kappa shape index (κ2) is 3.57. The number of benzene rings is 1. The van der Waals surface area contributed by atoms with E-state index in [2.05, 4.69) is 15.9 Å². The van der Waals surface area contributed by atoms with E-state index in [9.17, 15) is 9.59 Å². The first kappa shape index (κ1) is 9.73. The van der Waals surface area contributed by atoms with Gasteiger partial charge < -0.3 is 10.2 Å². The summed E-state index contributed by atoms with van der Waals surface area (Å²) >= 11 is 3.01. The van der Waals surface area contributed by atoms with Gasteiger partial charge in [0.2, 0.25) is 0 Å². The minimum Gasteiger partial charge on any atom is -0.507 e. The summed E-state index contributed by atoms with van der Waals surface area (Å²) in [6.45, 7) is 0. The zero-order chi connectivity index (χ0) is 10.0. The van der Waals surface area contributed by atoms with Gasteiger partial charge in [0.25, 0.3) is 0 Å². The molecule has 1 aromatic carbocycles. The van der Waals surface area contributed by atoms with Gasteiger partial charge in [-0.25, -0.2) is 4.79 Å². The van der Waals surface area contributed by atoms with Crippen molar-refractivity contribution >= 4 is 28.2 Å². The van der Waals surface area contributed by atoms with E-state index in [4.69, 9.17) is 10.2 Å². The molecule has 0 heterocycles. The SMILES string of the molecule is O=Cc1cc(C(=O)O)c(O)cc1Br. The molecule has 0 aliphatic rings. The third kappa shape index (κ3) is 1.86. The molecule has 0 aromatic heterocycles. The molecule has 4 nitrogen and oxygen atoms in total. The molecule has 0 bridgehead atoms. The molecule has 0 unspecified atom stereocenters. The zero-order valence-electron chi connectivity index (χ0n) is 6.32. The van der Waals surface area contributed by atoms with Gasteiger partial charge in [0.1, 0.15) is 11.3 Å². The van der Waals surface area contributed by atoms with Gasteiger partial charge in [-0.3, -0.25) is 4.79 Å². The molecular formula is C8H5BrO4. The third-order valence-corrected chi connectivity index (χ3v) is 2.16. The number of halogens is 1. The summed E-state index contributed by atoms with van der Waals surface area (Å²) in [5, 5.41) is 17.7. The first-order valence-electron chi connectivity index (χ1n) is 3.27. The highest BCUT2D eigenvalue weighted by Crippen LogP contribution is 2.25. The largest absolute Gasteiger partial charge is 0.507 e. The van der Waals surface area contributed by atoms with Crippen LogP contribution in [0.2, 0.25) is 0 Å². The number of aromatic hydroxyl groups is 1. The van der Waals surface area contributed by atoms with Gasteiger partial charge in [-0.1, -0.05) is 0 Å². The molecule has 0 aliphatic heterocycles. The van der Waals surface area contributed by atoms with Crippen molar-refractivity contribution in [1.29, 1.82) is 0 Å². The molecule has 0 amide bonds. The average molecular weight is 245 g/mol. The molecular weight excluding hydrogens is 240 g/mol. The van der Waals surface area contributed by atoms with E-state index in [1.54, 1.807) is 0 Å². The Bertz CT molecular complexity index is 373. The summed E-state index contributed by atoms with van der Waals surface area (Å²) in [5.74, 6) is -1.64. The third-order valence-electron chi connectivity index (χ3n) is 1.47. The Kier molecular flexibility index (Phi) is 2.67. The van der Waals surface area contributed by atoms with E-state index >= 15 is 0 Å². The standard InChI is InChI=1S/C8H5BrO4/c9-6-2-7(11)5(8(12)13)1-4(6)3-10/h1-3,11H,(H,12,13). The maximum absolute atomic E-state index is 10.5. The molecule has 5 heteroatoms. The summed E-state index contributed by atoms with van der Waals surface area (Å²) in [7, 11) is 0. The Morgan fingerprint density at radius 1 is 1.46 bits per heavy atom. The Labute approximate surface area is 81.9 Å². The van der Waals surface area contributed by atoms with Crippen LogP contribution in [0.5, 0.6) is 5.75 Å². The van der Waals surface area contributed by atoms with Crippen molar-refractivity contribution < 1.29 is 19.8 Å². The van der Waals surface area contributed by atoms with Crippen LogP contribution in [0.4, 0.5) is 0 Å². The highest BCUT2D eigenvalue weighted by atomic mass is 79.9. The average Bonchev–Trinajstić information content (AvgIpc) is 2.03. The quantitative estimate of drug-likeness (QED) is 0.777. The van der Waals surface area contributed by atoms with Crippen molar-refractivity contribution in [2.45, 2.75) is 0 Å². The van der Waals surface area contributed by atoms with Gasteiger partial charge in [0.05, 0.1) is 0 Å². The lowest BCUT2D eigenvalue weighted by molar-refractivity contribution is 0.0693. The van der Waals surface area contributed by atoms with Gasteiger partial charge in [0.15, 0.2) is 6.29 Å². The smallest absolute Gasteiger partial charge is 0.339 e. The topological polar surface area (TPSA) is 74.6 Å². The molecule has 13 heavy (non-hydrogen) atoms. The zero-order valence-corrected chi connectivity index (χ0v) is 7.91. The van der Waals surface area contributed by atoms with Gasteiger partial charge in [0, 0.05) is 10.0 Å². The van der Waals surface area contributed by atoms with Crippen LogP contribution >= 0.6 is 15.9 Å². The highest BCUT2D eigenvalue weighted by Gasteiger charge is 2.12. The van der Waals surface area contributed by atoms with Crippen LogP contribution in [0.3, 0.4) is 0 Å². The number of phenols is 1. The monoisotopic (exact) mass is 244 g/mol. The second-order valence-corrected chi connectivity index (χ2v) is 3.17. The van der Waals surface area contributed by atoms with E-state index in [1.165, 1.54) is 6.07 Å². The lowest BCUT2D eigenvalue weighted by Gasteiger charge is -2.01. The summed E-state index contributed by atoms with van der Waals surface area (Å²) in [5.41, 5.74) is -0.0968. The first-order chi connectivity index (χ1) is 6.06. The van der Waals surface area contributed by atoms with Crippen molar-refractivity contribution in [2.75, 3.05) is 0 Å². The molecule has 0 atom stereocenters. The Morgan fingerprint density at radius 2 is 2.08 bits per heavy atom. The number of carboxylic acids is 1. The van der Waals surface area contributed by atoms with Crippen LogP contribution in [0.15, 0.2) is 16.6 Å². The van der Waals surface area contributed by atoms with Crippen molar-refractivity contribution in [3.8, 4) is 5.75 Å². The molecule has 1 aromatic rings. The number of carbonyl (C=O) groups excluding carboxylic acids is 1. The first-order valence-corrected chi connectivity index (χ1v) is 4.06. The second-order valence-electron chi connectivity index (χ2n) is 2.31. The number of hydrogen-bond acceptors (Lipinski definition) is 3. The maximum Gasteiger partial charge on any atom is 0.339 e. The minimum absolute atomic E-state index is 0.190. The molecule has 0 aliphatic carbocycles. The molecule has 0 fully saturated rings. The number of hydrogen-bond donors (Lipinski definition) is 2. The number of aldehydes is 1. The van der Waals surface area contributed by atoms with Gasteiger partial charge in [-0.05, 0) is 28.1 Å². The van der Waals surface area contributed by atoms with E-state index in [0.717, 1.165) is 6.07 Å². The number of carboxylic acid groups (broad SMARTS) is 1. The highest BCUT2D eigenvalue weighted by molar-refractivity contribution is 9.10. The predicted octanol–water partition coefficient (Wildman–Crippen LogP) is 1.67. The molecule has 0 saturated heterocycles. The minimum atomic E-state index is -1.27. The summed E-state index contributed by atoms with van der Waals surface area (Å²) < 4.78 is 0.366. The fourth-order valence-corrected chi connectivity index (χ4v) is 1.27. The Balaban J connectivity index is 3.38. The van der Waals surface area contributed by atoms with E-state index in [0.29, 0.717) is 10.8 Å². The number of carbonyl (C=O) groups is 2. The predicted molar refractivity (Wildman–Crippen MR) is 48.2 cm³/mol. The lowest BCUT2D eigenvalue weighted by atomic mass is 10.1. The van der Waals surface area contributed by atoms with Crippen molar-refractivity contribution in [2.24, 2.45) is 0 Å². The normalized spacial score (nSPS) is 9.62.